The first kappa shape index (κ1) is 12.5. The highest BCUT2D eigenvalue weighted by atomic mass is 16.6. The van der Waals surface area contributed by atoms with E-state index in [-0.39, 0.29) is 22.9 Å². The van der Waals surface area contributed by atoms with Gasteiger partial charge in [-0.15, -0.1) is 0 Å². The van der Waals surface area contributed by atoms with Crippen molar-refractivity contribution >= 4 is 11.7 Å². The van der Waals surface area contributed by atoms with Crippen molar-refractivity contribution in [3.63, 3.8) is 0 Å². The first-order valence-corrected chi connectivity index (χ1v) is 5.25. The van der Waals surface area contributed by atoms with Crippen molar-refractivity contribution in [2.45, 2.75) is 0 Å². The fourth-order valence-electron chi connectivity index (χ4n) is 1.43. The van der Waals surface area contributed by atoms with Gasteiger partial charge in [-0.25, -0.2) is 0 Å². The van der Waals surface area contributed by atoms with Crippen molar-refractivity contribution in [2.24, 2.45) is 5.73 Å². The molecule has 0 aliphatic rings. The Morgan fingerprint density at radius 2 is 2.00 bits per heavy atom. The summed E-state index contributed by atoms with van der Waals surface area (Å²) in [5.41, 5.74) is 5.43. The van der Waals surface area contributed by atoms with Crippen molar-refractivity contribution in [3.8, 4) is 11.5 Å². The van der Waals surface area contributed by atoms with E-state index < -0.39 is 10.8 Å². The third-order valence-corrected chi connectivity index (χ3v) is 2.29. The Morgan fingerprint density at radius 3 is 2.58 bits per heavy atom. The topological polar surface area (TPSA) is 108 Å². The van der Waals surface area contributed by atoms with Crippen LogP contribution in [0.1, 0.15) is 10.4 Å². The summed E-state index contributed by atoms with van der Waals surface area (Å²) in [6, 6.07) is 9.03. The van der Waals surface area contributed by atoms with Crippen molar-refractivity contribution in [1.29, 1.82) is 0 Å². The second kappa shape index (κ2) is 5.13. The summed E-state index contributed by atoms with van der Waals surface area (Å²) >= 11 is 0. The lowest BCUT2D eigenvalue weighted by Crippen LogP contribution is -2.12. The van der Waals surface area contributed by atoms with Gasteiger partial charge < -0.3 is 20.6 Å². The smallest absolute Gasteiger partial charge is 0.363 e. The molecule has 7 nitrogen and oxygen atoms in total. The molecule has 1 aromatic carbocycles. The molecular weight excluding hydrogens is 250 g/mol. The molecule has 1 heterocycles. The molecule has 0 spiro atoms. The van der Waals surface area contributed by atoms with Crippen molar-refractivity contribution in [2.75, 3.05) is 0 Å². The molecule has 1 aromatic heterocycles. The number of nitrogens with zero attached hydrogens (tertiary/aromatic N) is 2. The van der Waals surface area contributed by atoms with E-state index in [0.29, 0.717) is 0 Å². The number of para-hydroxylation sites is 1. The Hall–Kier alpha value is -2.96. The molecule has 2 aromatic rings. The molecular formula is C12H9N3O4. The number of nitrogens with two attached hydrogens (primary N) is 1. The summed E-state index contributed by atoms with van der Waals surface area (Å²) in [5, 5.41) is 10.5. The highest BCUT2D eigenvalue weighted by molar-refractivity contribution is 5.95. The number of aromatic nitrogens is 1. The van der Waals surface area contributed by atoms with Gasteiger partial charge in [-0.2, -0.15) is 0 Å². The molecule has 0 saturated heterocycles. The van der Waals surface area contributed by atoms with Gasteiger partial charge in [0.15, 0.2) is 11.9 Å². The van der Waals surface area contributed by atoms with Gasteiger partial charge in [0.25, 0.3) is 5.91 Å². The molecule has 0 radical (unpaired) electrons. The Labute approximate surface area is 107 Å². The summed E-state index contributed by atoms with van der Waals surface area (Å²) < 4.78 is 5.42. The van der Waals surface area contributed by atoms with Crippen LogP contribution in [-0.4, -0.2) is 15.8 Å². The van der Waals surface area contributed by atoms with Gasteiger partial charge in [0.05, 0.1) is 5.56 Å². The highest BCUT2D eigenvalue weighted by Gasteiger charge is 2.11. The quantitative estimate of drug-likeness (QED) is 0.666. The van der Waals surface area contributed by atoms with Crippen LogP contribution in [0.25, 0.3) is 0 Å². The third kappa shape index (κ3) is 2.83. The van der Waals surface area contributed by atoms with Crippen LogP contribution in [0.15, 0.2) is 42.6 Å². The Bertz CT molecular complexity index is 625. The number of ether oxygens (including phenoxy) is 1. The van der Waals surface area contributed by atoms with Crippen molar-refractivity contribution in [1.82, 2.24) is 4.98 Å². The average molecular weight is 259 g/mol. The lowest BCUT2D eigenvalue weighted by atomic mass is 10.2. The summed E-state index contributed by atoms with van der Waals surface area (Å²) in [4.78, 5) is 24.6. The number of carbonyl (C=O) groups excluding carboxylic acids is 1. The molecule has 0 unspecified atom stereocenters. The number of benzene rings is 1. The first-order valence-electron chi connectivity index (χ1n) is 5.25. The molecule has 7 heteroatoms. The van der Waals surface area contributed by atoms with E-state index in [2.05, 4.69) is 4.98 Å². The van der Waals surface area contributed by atoms with E-state index in [0.717, 1.165) is 0 Å². The predicted molar refractivity (Wildman–Crippen MR) is 65.9 cm³/mol. The molecule has 19 heavy (non-hydrogen) atoms. The van der Waals surface area contributed by atoms with E-state index in [1.807, 2.05) is 0 Å². The zero-order valence-corrected chi connectivity index (χ0v) is 9.65. The van der Waals surface area contributed by atoms with Crippen molar-refractivity contribution < 1.29 is 14.5 Å². The SMILES string of the molecule is NC(=O)c1ccccc1Oc1ccc([N+](=O)[O-])nc1. The predicted octanol–water partition coefficient (Wildman–Crippen LogP) is 1.88. The Balaban J connectivity index is 2.26. The molecule has 0 bridgehead atoms. The van der Waals surface area contributed by atoms with Crippen LogP contribution in [0.3, 0.4) is 0 Å². The minimum atomic E-state index is -0.620. The molecule has 0 aliphatic heterocycles. The Kier molecular flexibility index (Phi) is 3.37. The van der Waals surface area contributed by atoms with Crippen LogP contribution in [0, 0.1) is 10.1 Å². The number of rotatable bonds is 4. The molecule has 0 atom stereocenters. The number of primary amides is 1. The second-order valence-corrected chi connectivity index (χ2v) is 3.57. The van der Waals surface area contributed by atoms with E-state index in [9.17, 15) is 14.9 Å². The normalized spacial score (nSPS) is 9.89. The zero-order valence-electron chi connectivity index (χ0n) is 9.65. The van der Waals surface area contributed by atoms with Crippen molar-refractivity contribution in [3.05, 3.63) is 58.3 Å². The second-order valence-electron chi connectivity index (χ2n) is 3.57. The zero-order chi connectivity index (χ0) is 13.8. The molecule has 96 valence electrons. The minimum Gasteiger partial charge on any atom is -0.453 e. The summed E-state index contributed by atoms with van der Waals surface area (Å²) in [6.45, 7) is 0. The summed E-state index contributed by atoms with van der Waals surface area (Å²) in [6.07, 6.45) is 1.20. The molecule has 0 aliphatic carbocycles. The maximum atomic E-state index is 11.2. The fraction of sp³-hybridized carbons (Fsp3) is 0. The van der Waals surface area contributed by atoms with Gasteiger partial charge in [0.2, 0.25) is 0 Å². The van der Waals surface area contributed by atoms with Gasteiger partial charge in [-0.1, -0.05) is 12.1 Å². The maximum absolute atomic E-state index is 11.2. The summed E-state index contributed by atoms with van der Waals surface area (Å²) in [7, 11) is 0. The van der Waals surface area contributed by atoms with Crippen LogP contribution < -0.4 is 10.5 Å². The summed E-state index contributed by atoms with van der Waals surface area (Å²) in [5.74, 6) is -0.356. The van der Waals surface area contributed by atoms with Gasteiger partial charge in [0, 0.05) is 6.07 Å². The number of hydrogen-bond acceptors (Lipinski definition) is 5. The molecule has 0 fully saturated rings. The maximum Gasteiger partial charge on any atom is 0.363 e. The number of carbonyl (C=O) groups is 1. The van der Waals surface area contributed by atoms with Gasteiger partial charge in [-0.3, -0.25) is 4.79 Å². The van der Waals surface area contributed by atoms with E-state index in [1.165, 1.54) is 24.4 Å². The first-order chi connectivity index (χ1) is 9.08. The standard InChI is InChI=1S/C12H9N3O4/c13-12(16)9-3-1-2-4-10(9)19-8-5-6-11(14-7-8)15(17)18/h1-7H,(H2,13,16). The molecule has 2 rings (SSSR count). The van der Waals surface area contributed by atoms with Crippen LogP contribution in [0.2, 0.25) is 0 Å². The molecule has 1 amide bonds. The minimum absolute atomic E-state index is 0.223. The van der Waals surface area contributed by atoms with E-state index in [1.54, 1.807) is 18.2 Å². The molecule has 2 N–H and O–H groups in total. The number of nitro groups is 1. The third-order valence-electron chi connectivity index (χ3n) is 2.29. The lowest BCUT2D eigenvalue weighted by Gasteiger charge is -2.07. The lowest BCUT2D eigenvalue weighted by molar-refractivity contribution is -0.389. The van der Waals surface area contributed by atoms with E-state index >= 15 is 0 Å². The number of pyridine rings is 1. The number of hydrogen-bond donors (Lipinski definition) is 1. The van der Waals surface area contributed by atoms with Gasteiger partial charge in [0.1, 0.15) is 5.75 Å². The van der Waals surface area contributed by atoms with Crippen LogP contribution in [0.5, 0.6) is 11.5 Å². The average Bonchev–Trinajstić information content (AvgIpc) is 2.39. The fourth-order valence-corrected chi connectivity index (χ4v) is 1.43. The monoisotopic (exact) mass is 259 g/mol. The van der Waals surface area contributed by atoms with Crippen LogP contribution in [-0.2, 0) is 0 Å². The largest absolute Gasteiger partial charge is 0.453 e. The van der Waals surface area contributed by atoms with E-state index in [4.69, 9.17) is 10.5 Å². The van der Waals surface area contributed by atoms with Crippen LogP contribution >= 0.6 is 0 Å². The van der Waals surface area contributed by atoms with Gasteiger partial charge in [-0.05, 0) is 28.1 Å². The number of amides is 1. The molecule has 0 saturated carbocycles. The highest BCUT2D eigenvalue weighted by Crippen LogP contribution is 2.25. The van der Waals surface area contributed by atoms with Gasteiger partial charge >= 0.3 is 5.82 Å². The van der Waals surface area contributed by atoms with Crippen LogP contribution in [0.4, 0.5) is 5.82 Å². The Morgan fingerprint density at radius 1 is 1.26 bits per heavy atom.